The predicted octanol–water partition coefficient (Wildman–Crippen LogP) is 5.43. The van der Waals surface area contributed by atoms with Crippen molar-refractivity contribution in [1.29, 1.82) is 0 Å². The van der Waals surface area contributed by atoms with Crippen molar-refractivity contribution in [3.8, 4) is 5.75 Å². The number of hydrogen-bond acceptors (Lipinski definition) is 5. The van der Waals surface area contributed by atoms with Gasteiger partial charge < -0.3 is 9.15 Å². The highest BCUT2D eigenvalue weighted by Crippen LogP contribution is 2.28. The Morgan fingerprint density at radius 2 is 1.58 bits per heavy atom. The number of sulfone groups is 1. The van der Waals surface area contributed by atoms with Crippen LogP contribution < -0.4 is 10.3 Å². The minimum atomic E-state index is -3.87. The molecule has 0 saturated heterocycles. The lowest BCUT2D eigenvalue weighted by Gasteiger charge is -2.10. The SMILES string of the molecule is COc1cccc2cc(S(=O)(=O)c3ccc(C)cc3)c(=Nc3ccc(C)cc3C)oc12. The molecule has 0 N–H and O–H groups in total. The standard InChI is InChI=1S/C25H23NO4S/c1-16-8-11-20(12-9-16)31(27,28)23-15-19-6-5-7-22(29-4)24(19)30-25(23)26-21-13-10-17(2)14-18(21)3/h5-15H,1-4H3. The van der Waals surface area contributed by atoms with Crippen LogP contribution in [0.3, 0.4) is 0 Å². The van der Waals surface area contributed by atoms with Gasteiger partial charge in [-0.1, -0.05) is 47.5 Å². The van der Waals surface area contributed by atoms with Gasteiger partial charge in [0.15, 0.2) is 11.3 Å². The molecule has 0 saturated carbocycles. The fourth-order valence-corrected chi connectivity index (χ4v) is 4.77. The summed E-state index contributed by atoms with van der Waals surface area (Å²) in [6.45, 7) is 5.84. The molecule has 6 heteroatoms. The Morgan fingerprint density at radius 1 is 0.871 bits per heavy atom. The van der Waals surface area contributed by atoms with E-state index in [9.17, 15) is 8.42 Å². The van der Waals surface area contributed by atoms with Crippen LogP contribution >= 0.6 is 0 Å². The van der Waals surface area contributed by atoms with Crippen LogP contribution in [0.25, 0.3) is 11.0 Å². The van der Waals surface area contributed by atoms with Crippen molar-refractivity contribution in [3.63, 3.8) is 0 Å². The summed E-state index contributed by atoms with van der Waals surface area (Å²) in [6, 6.07) is 19.5. The van der Waals surface area contributed by atoms with Gasteiger partial charge >= 0.3 is 0 Å². The fourth-order valence-electron chi connectivity index (χ4n) is 3.42. The molecule has 4 rings (SSSR count). The van der Waals surface area contributed by atoms with Gasteiger partial charge in [-0.2, -0.15) is 0 Å². The second-order valence-electron chi connectivity index (χ2n) is 7.51. The monoisotopic (exact) mass is 433 g/mol. The van der Waals surface area contributed by atoms with Crippen LogP contribution in [-0.4, -0.2) is 15.5 Å². The van der Waals surface area contributed by atoms with Gasteiger partial charge in [0, 0.05) is 5.39 Å². The van der Waals surface area contributed by atoms with Crippen LogP contribution in [0.2, 0.25) is 0 Å². The maximum atomic E-state index is 13.5. The number of hydrogen-bond donors (Lipinski definition) is 0. The molecule has 158 valence electrons. The first-order chi connectivity index (χ1) is 14.8. The van der Waals surface area contributed by atoms with Crippen LogP contribution in [0.4, 0.5) is 5.69 Å². The number of benzene rings is 3. The third-order valence-electron chi connectivity index (χ3n) is 5.12. The number of nitrogens with zero attached hydrogens (tertiary/aromatic N) is 1. The van der Waals surface area contributed by atoms with Crippen molar-refractivity contribution in [1.82, 2.24) is 0 Å². The molecular formula is C25H23NO4S. The van der Waals surface area contributed by atoms with Gasteiger partial charge in [0.2, 0.25) is 15.4 Å². The molecular weight excluding hydrogens is 410 g/mol. The lowest BCUT2D eigenvalue weighted by Crippen LogP contribution is -2.16. The maximum absolute atomic E-state index is 13.5. The molecule has 0 atom stereocenters. The lowest BCUT2D eigenvalue weighted by molar-refractivity contribution is 0.404. The fraction of sp³-hybridized carbons (Fsp3) is 0.160. The van der Waals surface area contributed by atoms with Gasteiger partial charge in [-0.05, 0) is 56.7 Å². The quantitative estimate of drug-likeness (QED) is 0.430. The first kappa shape index (κ1) is 20.9. The topological polar surface area (TPSA) is 68.9 Å². The number of aryl methyl sites for hydroxylation is 3. The van der Waals surface area contributed by atoms with E-state index < -0.39 is 9.84 Å². The smallest absolute Gasteiger partial charge is 0.239 e. The average molecular weight is 434 g/mol. The molecule has 0 spiro atoms. The molecule has 0 aliphatic carbocycles. The summed E-state index contributed by atoms with van der Waals surface area (Å²) in [5.41, 5.74) is 4.10. The molecule has 0 unspecified atom stereocenters. The number of rotatable bonds is 4. The van der Waals surface area contributed by atoms with Gasteiger partial charge in [0.05, 0.1) is 17.7 Å². The second-order valence-corrected chi connectivity index (χ2v) is 9.43. The lowest BCUT2D eigenvalue weighted by atomic mass is 10.1. The zero-order chi connectivity index (χ0) is 22.2. The molecule has 1 aromatic heterocycles. The summed E-state index contributed by atoms with van der Waals surface area (Å²) in [7, 11) is -2.32. The van der Waals surface area contributed by atoms with Gasteiger partial charge in [0.1, 0.15) is 4.90 Å². The molecule has 1 heterocycles. The molecule has 3 aromatic carbocycles. The van der Waals surface area contributed by atoms with E-state index in [1.54, 1.807) is 55.6 Å². The van der Waals surface area contributed by atoms with E-state index >= 15 is 0 Å². The molecule has 31 heavy (non-hydrogen) atoms. The van der Waals surface area contributed by atoms with Crippen molar-refractivity contribution in [2.75, 3.05) is 7.11 Å². The molecule has 0 bridgehead atoms. The Bertz CT molecular complexity index is 1450. The summed E-state index contributed by atoms with van der Waals surface area (Å²) < 4.78 is 38.6. The Morgan fingerprint density at radius 3 is 2.26 bits per heavy atom. The van der Waals surface area contributed by atoms with E-state index in [1.165, 1.54) is 0 Å². The van der Waals surface area contributed by atoms with E-state index in [0.29, 0.717) is 22.4 Å². The molecule has 5 nitrogen and oxygen atoms in total. The first-order valence-corrected chi connectivity index (χ1v) is 11.3. The van der Waals surface area contributed by atoms with Crippen molar-refractivity contribution in [2.45, 2.75) is 30.6 Å². The van der Waals surface area contributed by atoms with Crippen LogP contribution in [0.15, 0.2) is 85.9 Å². The summed E-state index contributed by atoms with van der Waals surface area (Å²) in [5, 5.41) is 0.615. The van der Waals surface area contributed by atoms with Gasteiger partial charge in [-0.15, -0.1) is 0 Å². The normalized spacial score (nSPS) is 12.3. The Hall–Kier alpha value is -3.38. The van der Waals surface area contributed by atoms with E-state index in [2.05, 4.69) is 4.99 Å². The summed E-state index contributed by atoms with van der Waals surface area (Å²) in [6.07, 6.45) is 0. The van der Waals surface area contributed by atoms with Gasteiger partial charge in [-0.3, -0.25) is 0 Å². The van der Waals surface area contributed by atoms with Crippen molar-refractivity contribution in [2.24, 2.45) is 4.99 Å². The molecule has 0 aliphatic rings. The van der Waals surface area contributed by atoms with Crippen molar-refractivity contribution >= 4 is 26.5 Å². The maximum Gasteiger partial charge on any atom is 0.239 e. The molecule has 0 amide bonds. The number of fused-ring (bicyclic) bond motifs is 1. The van der Waals surface area contributed by atoms with Gasteiger partial charge in [-0.25, -0.2) is 13.4 Å². The van der Waals surface area contributed by atoms with E-state index in [0.717, 1.165) is 16.7 Å². The van der Waals surface area contributed by atoms with E-state index in [4.69, 9.17) is 9.15 Å². The first-order valence-electron chi connectivity index (χ1n) is 9.84. The Labute approximate surface area is 181 Å². The molecule has 0 fully saturated rings. The molecule has 0 radical (unpaired) electrons. The highest BCUT2D eigenvalue weighted by atomic mass is 32.2. The summed E-state index contributed by atoms with van der Waals surface area (Å²) >= 11 is 0. The Balaban J connectivity index is 2.07. The van der Waals surface area contributed by atoms with E-state index in [1.807, 2.05) is 39.0 Å². The summed E-state index contributed by atoms with van der Waals surface area (Å²) in [4.78, 5) is 4.81. The zero-order valence-corrected chi connectivity index (χ0v) is 18.7. The van der Waals surface area contributed by atoms with Crippen LogP contribution in [-0.2, 0) is 9.84 Å². The predicted molar refractivity (Wildman–Crippen MR) is 121 cm³/mol. The number of methoxy groups -OCH3 is 1. The van der Waals surface area contributed by atoms with Crippen LogP contribution in [0, 0.1) is 20.8 Å². The van der Waals surface area contributed by atoms with Crippen LogP contribution in [0.5, 0.6) is 5.75 Å². The average Bonchev–Trinajstić information content (AvgIpc) is 2.75. The highest BCUT2D eigenvalue weighted by Gasteiger charge is 2.23. The minimum absolute atomic E-state index is 0.0112. The number of para-hydroxylation sites is 1. The largest absolute Gasteiger partial charge is 0.493 e. The third kappa shape index (κ3) is 3.99. The summed E-state index contributed by atoms with van der Waals surface area (Å²) in [5.74, 6) is 0.508. The highest BCUT2D eigenvalue weighted by molar-refractivity contribution is 7.91. The number of ether oxygens (including phenoxy) is 1. The molecule has 0 aliphatic heterocycles. The van der Waals surface area contributed by atoms with E-state index in [-0.39, 0.29) is 15.3 Å². The second kappa shape index (κ2) is 8.04. The third-order valence-corrected chi connectivity index (χ3v) is 6.88. The zero-order valence-electron chi connectivity index (χ0n) is 17.8. The Kier molecular flexibility index (Phi) is 5.41. The van der Waals surface area contributed by atoms with Crippen molar-refractivity contribution in [3.05, 3.63) is 89.0 Å². The minimum Gasteiger partial charge on any atom is -0.493 e. The van der Waals surface area contributed by atoms with Gasteiger partial charge in [0.25, 0.3) is 0 Å². The molecule has 4 aromatic rings. The van der Waals surface area contributed by atoms with Crippen molar-refractivity contribution < 1.29 is 17.6 Å². The van der Waals surface area contributed by atoms with Crippen LogP contribution in [0.1, 0.15) is 16.7 Å².